The molecule has 0 aliphatic heterocycles. The molecule has 1 fully saturated rings. The molecular formula is C14H13N3O4. The lowest BCUT2D eigenvalue weighted by Crippen LogP contribution is -2.23. The molecule has 7 nitrogen and oxygen atoms in total. The van der Waals surface area contributed by atoms with Crippen LogP contribution >= 0.6 is 0 Å². The van der Waals surface area contributed by atoms with Crippen LogP contribution in [0.1, 0.15) is 46.5 Å². The van der Waals surface area contributed by atoms with Gasteiger partial charge < -0.3 is 10.2 Å². The first-order valence-electron chi connectivity index (χ1n) is 6.55. The van der Waals surface area contributed by atoms with Crippen LogP contribution in [0.4, 0.5) is 0 Å². The molecule has 0 saturated heterocycles. The molecule has 0 amide bonds. The van der Waals surface area contributed by atoms with Crippen LogP contribution < -0.4 is 0 Å². The Morgan fingerprint density at radius 3 is 2.38 bits per heavy atom. The Bertz CT molecular complexity index is 691. The molecule has 3 rings (SSSR count). The van der Waals surface area contributed by atoms with E-state index in [2.05, 4.69) is 10.3 Å². The number of benzene rings is 1. The predicted octanol–water partition coefficient (Wildman–Crippen LogP) is 1.53. The van der Waals surface area contributed by atoms with Gasteiger partial charge in [0.2, 0.25) is 0 Å². The second-order valence-electron chi connectivity index (χ2n) is 5.00. The second kappa shape index (κ2) is 5.01. The molecule has 1 aliphatic carbocycles. The largest absolute Gasteiger partial charge is 0.479 e. The smallest absolute Gasteiger partial charge is 0.358 e. The van der Waals surface area contributed by atoms with Crippen molar-refractivity contribution in [2.45, 2.75) is 24.8 Å². The average molecular weight is 287 g/mol. The van der Waals surface area contributed by atoms with Gasteiger partial charge in [-0.2, -0.15) is 0 Å². The van der Waals surface area contributed by atoms with Gasteiger partial charge in [-0.05, 0) is 18.4 Å². The summed E-state index contributed by atoms with van der Waals surface area (Å²) in [5.74, 6) is -2.25. The maximum absolute atomic E-state index is 11.6. The van der Waals surface area contributed by atoms with Crippen LogP contribution in [0.25, 0.3) is 0 Å². The molecule has 21 heavy (non-hydrogen) atoms. The fraction of sp³-hybridized carbons (Fsp3) is 0.286. The number of rotatable bonds is 5. The highest BCUT2D eigenvalue weighted by atomic mass is 16.4. The van der Waals surface area contributed by atoms with Crippen LogP contribution in [-0.2, 0) is 4.79 Å². The summed E-state index contributed by atoms with van der Waals surface area (Å²) < 4.78 is 1.23. The number of hydrogen-bond donors (Lipinski definition) is 2. The summed E-state index contributed by atoms with van der Waals surface area (Å²) in [7, 11) is 0. The van der Waals surface area contributed by atoms with Crippen molar-refractivity contribution in [3.63, 3.8) is 0 Å². The fourth-order valence-corrected chi connectivity index (χ4v) is 2.40. The number of aromatic nitrogens is 3. The van der Waals surface area contributed by atoms with Crippen molar-refractivity contribution in [1.29, 1.82) is 0 Å². The highest BCUT2D eigenvalue weighted by molar-refractivity contribution is 5.87. The van der Waals surface area contributed by atoms with Gasteiger partial charge in [0, 0.05) is 5.92 Å². The van der Waals surface area contributed by atoms with Crippen molar-refractivity contribution in [1.82, 2.24) is 15.0 Å². The van der Waals surface area contributed by atoms with Gasteiger partial charge in [0.1, 0.15) is 0 Å². The summed E-state index contributed by atoms with van der Waals surface area (Å²) in [6.45, 7) is 0. The van der Waals surface area contributed by atoms with E-state index >= 15 is 0 Å². The lowest BCUT2D eigenvalue weighted by atomic mass is 10.1. The molecule has 0 bridgehead atoms. The Labute approximate surface area is 119 Å². The standard InChI is InChI=1S/C14H13N3O4/c18-13(19)10-11(9-6-7-9)17(16-15-10)12(14(20)21)8-4-2-1-3-5-8/h1-5,9,12H,6-7H2,(H,18,19)(H,20,21). The molecule has 7 heteroatoms. The van der Waals surface area contributed by atoms with E-state index in [-0.39, 0.29) is 11.6 Å². The van der Waals surface area contributed by atoms with E-state index in [1.807, 2.05) is 0 Å². The molecule has 1 heterocycles. The summed E-state index contributed by atoms with van der Waals surface area (Å²) in [5, 5.41) is 26.2. The Morgan fingerprint density at radius 1 is 1.19 bits per heavy atom. The summed E-state index contributed by atoms with van der Waals surface area (Å²) in [6, 6.07) is 7.54. The molecule has 1 unspecified atom stereocenters. The van der Waals surface area contributed by atoms with Gasteiger partial charge in [-0.3, -0.25) is 0 Å². The number of hydrogen-bond acceptors (Lipinski definition) is 4. The maximum atomic E-state index is 11.6. The molecular weight excluding hydrogens is 274 g/mol. The van der Waals surface area contributed by atoms with Crippen molar-refractivity contribution < 1.29 is 19.8 Å². The molecule has 1 aliphatic rings. The Hall–Kier alpha value is -2.70. The lowest BCUT2D eigenvalue weighted by molar-refractivity contribution is -0.139. The van der Waals surface area contributed by atoms with Gasteiger partial charge in [0.15, 0.2) is 11.7 Å². The van der Waals surface area contributed by atoms with Gasteiger partial charge in [-0.15, -0.1) is 5.10 Å². The molecule has 108 valence electrons. The number of carboxylic acids is 2. The Morgan fingerprint density at radius 2 is 1.86 bits per heavy atom. The third kappa shape index (κ3) is 2.37. The number of aliphatic carboxylic acids is 1. The monoisotopic (exact) mass is 287 g/mol. The Kier molecular flexibility index (Phi) is 3.17. The first kappa shape index (κ1) is 13.3. The first-order chi connectivity index (χ1) is 10.1. The average Bonchev–Trinajstić information content (AvgIpc) is 3.20. The summed E-state index contributed by atoms with van der Waals surface area (Å²) in [6.07, 6.45) is 1.66. The molecule has 1 aromatic carbocycles. The van der Waals surface area contributed by atoms with E-state index in [1.54, 1.807) is 30.3 Å². The number of carboxylic acid groups (broad SMARTS) is 2. The normalized spacial score (nSPS) is 15.6. The molecule has 1 atom stereocenters. The van der Waals surface area contributed by atoms with E-state index in [0.717, 1.165) is 12.8 Å². The lowest BCUT2D eigenvalue weighted by Gasteiger charge is -2.15. The van der Waals surface area contributed by atoms with E-state index < -0.39 is 18.0 Å². The molecule has 0 spiro atoms. The molecule has 1 saturated carbocycles. The topological polar surface area (TPSA) is 105 Å². The zero-order valence-corrected chi connectivity index (χ0v) is 11.0. The third-order valence-corrected chi connectivity index (χ3v) is 3.49. The van der Waals surface area contributed by atoms with Crippen LogP contribution in [-0.4, -0.2) is 37.1 Å². The van der Waals surface area contributed by atoms with Crippen molar-refractivity contribution in [3.05, 3.63) is 47.3 Å². The van der Waals surface area contributed by atoms with Crippen LogP contribution in [0.5, 0.6) is 0 Å². The number of carbonyl (C=O) groups is 2. The van der Waals surface area contributed by atoms with Gasteiger partial charge in [0.05, 0.1) is 5.69 Å². The van der Waals surface area contributed by atoms with Gasteiger partial charge in [0.25, 0.3) is 0 Å². The minimum atomic E-state index is -1.18. The molecule has 1 aromatic heterocycles. The van der Waals surface area contributed by atoms with Crippen molar-refractivity contribution in [2.75, 3.05) is 0 Å². The number of nitrogens with zero attached hydrogens (tertiary/aromatic N) is 3. The highest BCUT2D eigenvalue weighted by Crippen LogP contribution is 2.42. The minimum Gasteiger partial charge on any atom is -0.479 e. The van der Waals surface area contributed by atoms with Crippen LogP contribution in [0.3, 0.4) is 0 Å². The van der Waals surface area contributed by atoms with E-state index in [4.69, 9.17) is 0 Å². The van der Waals surface area contributed by atoms with E-state index in [9.17, 15) is 19.8 Å². The maximum Gasteiger partial charge on any atom is 0.358 e. The van der Waals surface area contributed by atoms with Crippen LogP contribution in [0.15, 0.2) is 30.3 Å². The minimum absolute atomic E-state index is 0.0247. The van der Waals surface area contributed by atoms with E-state index in [0.29, 0.717) is 11.3 Å². The fourth-order valence-electron chi connectivity index (χ4n) is 2.40. The van der Waals surface area contributed by atoms with Crippen molar-refractivity contribution >= 4 is 11.9 Å². The first-order valence-corrected chi connectivity index (χ1v) is 6.55. The SMILES string of the molecule is O=C(O)c1nnn(C(C(=O)O)c2ccccc2)c1C1CC1. The summed E-state index contributed by atoms with van der Waals surface area (Å²) >= 11 is 0. The van der Waals surface area contributed by atoms with Gasteiger partial charge in [-0.25, -0.2) is 14.3 Å². The summed E-state index contributed by atoms with van der Waals surface area (Å²) in [4.78, 5) is 22.9. The quantitative estimate of drug-likeness (QED) is 0.863. The highest BCUT2D eigenvalue weighted by Gasteiger charge is 2.37. The van der Waals surface area contributed by atoms with Crippen molar-refractivity contribution in [2.24, 2.45) is 0 Å². The number of aromatic carboxylic acids is 1. The Balaban J connectivity index is 2.13. The zero-order valence-electron chi connectivity index (χ0n) is 11.0. The van der Waals surface area contributed by atoms with E-state index in [1.165, 1.54) is 4.68 Å². The zero-order chi connectivity index (χ0) is 15.0. The predicted molar refractivity (Wildman–Crippen MR) is 71.2 cm³/mol. The third-order valence-electron chi connectivity index (χ3n) is 3.49. The van der Waals surface area contributed by atoms with Crippen LogP contribution in [0, 0.1) is 0 Å². The summed E-state index contributed by atoms with van der Waals surface area (Å²) in [5.41, 5.74) is 0.784. The molecule has 0 radical (unpaired) electrons. The van der Waals surface area contributed by atoms with Gasteiger partial charge in [-0.1, -0.05) is 35.5 Å². The van der Waals surface area contributed by atoms with Crippen LogP contribution in [0.2, 0.25) is 0 Å². The molecule has 2 aromatic rings. The van der Waals surface area contributed by atoms with Crippen molar-refractivity contribution in [3.8, 4) is 0 Å². The second-order valence-corrected chi connectivity index (χ2v) is 5.00. The molecule has 2 N–H and O–H groups in total. The van der Waals surface area contributed by atoms with Gasteiger partial charge >= 0.3 is 11.9 Å².